The first-order valence-electron chi connectivity index (χ1n) is 7.04. The van der Waals surface area contributed by atoms with Crippen LogP contribution in [0.25, 0.3) is 0 Å². The molecule has 0 radical (unpaired) electrons. The van der Waals surface area contributed by atoms with Gasteiger partial charge in [-0.2, -0.15) is 0 Å². The molecule has 3 nitrogen and oxygen atoms in total. The van der Waals surface area contributed by atoms with Crippen molar-refractivity contribution in [1.82, 2.24) is 4.90 Å². The lowest BCUT2D eigenvalue weighted by atomic mass is 9.89. The Morgan fingerprint density at radius 3 is 2.40 bits per heavy atom. The number of hydrogen-bond acceptors (Lipinski definition) is 3. The van der Waals surface area contributed by atoms with Crippen LogP contribution < -0.4 is 4.74 Å². The van der Waals surface area contributed by atoms with Gasteiger partial charge in [-0.3, -0.25) is 0 Å². The molecule has 0 aromatic heterocycles. The molecule has 0 saturated carbocycles. The van der Waals surface area contributed by atoms with Gasteiger partial charge in [0.05, 0.1) is 6.61 Å². The smallest absolute Gasteiger partial charge is 0.124 e. The summed E-state index contributed by atoms with van der Waals surface area (Å²) in [5, 5.41) is 10.3. The van der Waals surface area contributed by atoms with Crippen LogP contribution in [-0.2, 0) is 0 Å². The third kappa shape index (κ3) is 3.46. The van der Waals surface area contributed by atoms with Crippen molar-refractivity contribution in [3.8, 4) is 5.75 Å². The van der Waals surface area contributed by atoms with Crippen LogP contribution >= 0.6 is 11.6 Å². The summed E-state index contributed by atoms with van der Waals surface area (Å²) in [4.78, 5) is 2.11. The molecule has 0 saturated heterocycles. The van der Waals surface area contributed by atoms with Crippen LogP contribution in [0.5, 0.6) is 5.75 Å². The molecule has 114 valence electrons. The molecule has 0 aliphatic rings. The van der Waals surface area contributed by atoms with E-state index in [2.05, 4.69) is 4.90 Å². The number of halogens is 1. The van der Waals surface area contributed by atoms with E-state index in [-0.39, 0.29) is 18.6 Å². The van der Waals surface area contributed by atoms with E-state index in [1.807, 2.05) is 47.9 Å². The summed E-state index contributed by atoms with van der Waals surface area (Å²) in [6, 6.07) is 2.06. The zero-order chi connectivity index (χ0) is 15.4. The summed E-state index contributed by atoms with van der Waals surface area (Å²) >= 11 is 6.42. The van der Waals surface area contributed by atoms with Crippen molar-refractivity contribution in [2.24, 2.45) is 5.92 Å². The number of ether oxygens (including phenoxy) is 1. The highest BCUT2D eigenvalue weighted by molar-refractivity contribution is 6.32. The largest absolute Gasteiger partial charge is 0.494 e. The van der Waals surface area contributed by atoms with Gasteiger partial charge in [0.2, 0.25) is 0 Å². The first-order chi connectivity index (χ1) is 9.34. The summed E-state index contributed by atoms with van der Waals surface area (Å²) in [5.41, 5.74) is 3.13. The molecule has 1 N–H and O–H groups in total. The average molecular weight is 300 g/mol. The summed E-state index contributed by atoms with van der Waals surface area (Å²) in [6.07, 6.45) is 0. The fraction of sp³-hybridized carbons (Fsp3) is 0.625. The van der Waals surface area contributed by atoms with E-state index >= 15 is 0 Å². The van der Waals surface area contributed by atoms with Gasteiger partial charge in [-0.05, 0) is 58.0 Å². The van der Waals surface area contributed by atoms with Crippen molar-refractivity contribution in [3.63, 3.8) is 0 Å². The van der Waals surface area contributed by atoms with Crippen LogP contribution in [0.2, 0.25) is 5.02 Å². The maximum atomic E-state index is 9.55. The van der Waals surface area contributed by atoms with Crippen LogP contribution in [-0.4, -0.2) is 37.3 Å². The molecule has 0 bridgehead atoms. The number of hydrogen-bond donors (Lipinski definition) is 1. The van der Waals surface area contributed by atoms with E-state index in [0.29, 0.717) is 6.61 Å². The quantitative estimate of drug-likeness (QED) is 0.871. The van der Waals surface area contributed by atoms with Gasteiger partial charge >= 0.3 is 0 Å². The number of aryl methyl sites for hydroxylation is 1. The van der Waals surface area contributed by atoms with Crippen LogP contribution in [0, 0.1) is 19.8 Å². The minimum absolute atomic E-state index is 0.0691. The molecular weight excluding hydrogens is 274 g/mol. The molecule has 4 heteroatoms. The Morgan fingerprint density at radius 1 is 1.35 bits per heavy atom. The lowest BCUT2D eigenvalue weighted by Gasteiger charge is -2.32. The Kier molecular flexibility index (Phi) is 6.31. The van der Waals surface area contributed by atoms with Crippen LogP contribution in [0.3, 0.4) is 0 Å². The second-order valence-electron chi connectivity index (χ2n) is 5.55. The third-order valence-electron chi connectivity index (χ3n) is 3.67. The fourth-order valence-corrected chi connectivity index (χ4v) is 2.89. The highest BCUT2D eigenvalue weighted by Crippen LogP contribution is 2.40. The zero-order valence-corrected chi connectivity index (χ0v) is 14.1. The lowest BCUT2D eigenvalue weighted by molar-refractivity contribution is 0.142. The van der Waals surface area contributed by atoms with E-state index in [1.54, 1.807) is 0 Å². The Labute approximate surface area is 127 Å². The summed E-state index contributed by atoms with van der Waals surface area (Å²) < 4.78 is 5.81. The molecule has 2 atom stereocenters. The van der Waals surface area contributed by atoms with Gasteiger partial charge in [0.1, 0.15) is 5.75 Å². The van der Waals surface area contributed by atoms with E-state index in [1.165, 1.54) is 0 Å². The van der Waals surface area contributed by atoms with Crippen LogP contribution in [0.4, 0.5) is 0 Å². The van der Waals surface area contributed by atoms with Crippen molar-refractivity contribution >= 4 is 11.6 Å². The van der Waals surface area contributed by atoms with Crippen LogP contribution in [0.15, 0.2) is 6.07 Å². The molecule has 0 aliphatic carbocycles. The standard InChI is InChI=1S/C16H26ClNO2/c1-7-20-13-8-10(2)15(17)12(4)14(13)16(18(5)6)11(3)9-19/h8,11,16,19H,7,9H2,1-6H3. The molecule has 0 aliphatic heterocycles. The maximum Gasteiger partial charge on any atom is 0.124 e. The average Bonchev–Trinajstić information content (AvgIpc) is 2.39. The Bertz CT molecular complexity index is 460. The Morgan fingerprint density at radius 2 is 1.95 bits per heavy atom. The number of aliphatic hydroxyl groups excluding tert-OH is 1. The minimum atomic E-state index is 0.0691. The molecular formula is C16H26ClNO2. The summed E-state index contributed by atoms with van der Waals surface area (Å²) in [5.74, 6) is 0.965. The normalized spacial score (nSPS) is 14.4. The van der Waals surface area contributed by atoms with Crippen molar-refractivity contribution in [1.29, 1.82) is 0 Å². The second kappa shape index (κ2) is 7.30. The molecule has 1 aromatic carbocycles. The lowest BCUT2D eigenvalue weighted by Crippen LogP contribution is -2.29. The monoisotopic (exact) mass is 299 g/mol. The van der Waals surface area contributed by atoms with Gasteiger partial charge in [-0.15, -0.1) is 0 Å². The van der Waals surface area contributed by atoms with E-state index in [9.17, 15) is 5.11 Å². The van der Waals surface area contributed by atoms with Gasteiger partial charge < -0.3 is 14.7 Å². The van der Waals surface area contributed by atoms with E-state index in [0.717, 1.165) is 27.5 Å². The van der Waals surface area contributed by atoms with Gasteiger partial charge in [0.15, 0.2) is 0 Å². The predicted octanol–water partition coefficient (Wildman–Crippen LogP) is 3.59. The van der Waals surface area contributed by atoms with Crippen molar-refractivity contribution in [2.75, 3.05) is 27.3 Å². The first-order valence-corrected chi connectivity index (χ1v) is 7.42. The molecule has 2 unspecified atom stereocenters. The topological polar surface area (TPSA) is 32.7 Å². The molecule has 0 amide bonds. The Balaban J connectivity index is 3.49. The SMILES string of the molecule is CCOc1cc(C)c(Cl)c(C)c1C(C(C)CO)N(C)C. The van der Waals surface area contributed by atoms with E-state index in [4.69, 9.17) is 16.3 Å². The number of benzene rings is 1. The maximum absolute atomic E-state index is 9.55. The van der Waals surface area contributed by atoms with Gasteiger partial charge in [0.25, 0.3) is 0 Å². The molecule has 0 spiro atoms. The van der Waals surface area contributed by atoms with E-state index < -0.39 is 0 Å². The molecule has 1 aromatic rings. The number of aliphatic hydroxyl groups is 1. The molecule has 1 rings (SSSR count). The van der Waals surface area contributed by atoms with Gasteiger partial charge in [0, 0.05) is 23.2 Å². The number of rotatable bonds is 6. The van der Waals surface area contributed by atoms with Gasteiger partial charge in [-0.25, -0.2) is 0 Å². The van der Waals surface area contributed by atoms with Crippen LogP contribution in [0.1, 0.15) is 36.6 Å². The predicted molar refractivity (Wildman–Crippen MR) is 84.8 cm³/mol. The first kappa shape index (κ1) is 17.3. The highest BCUT2D eigenvalue weighted by atomic mass is 35.5. The van der Waals surface area contributed by atoms with Crippen molar-refractivity contribution < 1.29 is 9.84 Å². The summed E-state index contributed by atoms with van der Waals surface area (Å²) in [6.45, 7) is 8.76. The van der Waals surface area contributed by atoms with Crippen molar-refractivity contribution in [3.05, 3.63) is 27.8 Å². The second-order valence-corrected chi connectivity index (χ2v) is 5.92. The zero-order valence-electron chi connectivity index (χ0n) is 13.3. The van der Waals surface area contributed by atoms with Crippen molar-refractivity contribution in [2.45, 2.75) is 33.7 Å². The van der Waals surface area contributed by atoms with Gasteiger partial charge in [-0.1, -0.05) is 18.5 Å². The third-order valence-corrected chi connectivity index (χ3v) is 4.25. The molecule has 20 heavy (non-hydrogen) atoms. The molecule has 0 heterocycles. The fourth-order valence-electron chi connectivity index (χ4n) is 2.73. The number of nitrogens with zero attached hydrogens (tertiary/aromatic N) is 1. The minimum Gasteiger partial charge on any atom is -0.494 e. The summed E-state index contributed by atoms with van der Waals surface area (Å²) in [7, 11) is 4.03. The Hall–Kier alpha value is -0.770. The highest BCUT2D eigenvalue weighted by Gasteiger charge is 2.27. The molecule has 0 fully saturated rings.